The van der Waals surface area contributed by atoms with E-state index in [-0.39, 0.29) is 11.8 Å². The second-order valence-electron chi connectivity index (χ2n) is 4.32. The summed E-state index contributed by atoms with van der Waals surface area (Å²) in [6.07, 6.45) is 0. The highest BCUT2D eigenvalue weighted by Gasteiger charge is 2.13. The molecule has 3 N–H and O–H groups in total. The molecule has 1 atom stereocenters. The molecule has 0 saturated carbocycles. The predicted octanol–water partition coefficient (Wildman–Crippen LogP) is 2.85. The van der Waals surface area contributed by atoms with Crippen molar-refractivity contribution in [2.24, 2.45) is 5.84 Å². The molecule has 0 fully saturated rings. The van der Waals surface area contributed by atoms with Crippen LogP contribution in [0.3, 0.4) is 0 Å². The lowest BCUT2D eigenvalue weighted by molar-refractivity contribution is -0.0498. The maximum absolute atomic E-state index is 12.1. The summed E-state index contributed by atoms with van der Waals surface area (Å²) >= 11 is 0. The molecule has 0 amide bonds. The zero-order valence-electron chi connectivity index (χ0n) is 11.4. The molecule has 2 rings (SSSR count). The largest absolute Gasteiger partial charge is 0.497 e. The van der Waals surface area contributed by atoms with Gasteiger partial charge in [-0.15, -0.1) is 0 Å². The van der Waals surface area contributed by atoms with Crippen LogP contribution in [0.15, 0.2) is 48.5 Å². The molecular formula is C15H16F2N2O2. The van der Waals surface area contributed by atoms with Gasteiger partial charge >= 0.3 is 6.61 Å². The fourth-order valence-corrected chi connectivity index (χ4v) is 2.02. The second-order valence-corrected chi connectivity index (χ2v) is 4.32. The highest BCUT2D eigenvalue weighted by molar-refractivity contribution is 5.37. The van der Waals surface area contributed by atoms with Crippen molar-refractivity contribution in [1.82, 2.24) is 5.43 Å². The van der Waals surface area contributed by atoms with Gasteiger partial charge in [-0.3, -0.25) is 5.84 Å². The van der Waals surface area contributed by atoms with E-state index in [0.29, 0.717) is 0 Å². The summed E-state index contributed by atoms with van der Waals surface area (Å²) in [6, 6.07) is 13.5. The van der Waals surface area contributed by atoms with Gasteiger partial charge in [0.2, 0.25) is 0 Å². The Morgan fingerprint density at radius 3 is 1.76 bits per heavy atom. The SMILES string of the molecule is COc1ccc(C(NN)c2ccc(OC(F)F)cc2)cc1. The highest BCUT2D eigenvalue weighted by Crippen LogP contribution is 2.25. The molecule has 1 unspecified atom stereocenters. The number of rotatable bonds is 6. The molecule has 0 aliphatic rings. The van der Waals surface area contributed by atoms with Crippen LogP contribution < -0.4 is 20.7 Å². The van der Waals surface area contributed by atoms with Crippen molar-refractivity contribution >= 4 is 0 Å². The van der Waals surface area contributed by atoms with Crippen LogP contribution in [0, 0.1) is 0 Å². The number of hydrogen-bond donors (Lipinski definition) is 2. The quantitative estimate of drug-likeness (QED) is 0.635. The van der Waals surface area contributed by atoms with E-state index >= 15 is 0 Å². The number of methoxy groups -OCH3 is 1. The summed E-state index contributed by atoms with van der Waals surface area (Å²) in [7, 11) is 1.59. The van der Waals surface area contributed by atoms with E-state index in [1.807, 2.05) is 24.3 Å². The van der Waals surface area contributed by atoms with Gasteiger partial charge in [0.05, 0.1) is 13.2 Å². The molecule has 0 heterocycles. The minimum absolute atomic E-state index is 0.110. The Kier molecular flexibility index (Phi) is 5.08. The van der Waals surface area contributed by atoms with Crippen molar-refractivity contribution in [2.45, 2.75) is 12.7 Å². The Labute approximate surface area is 121 Å². The molecule has 4 nitrogen and oxygen atoms in total. The maximum Gasteiger partial charge on any atom is 0.387 e. The Morgan fingerprint density at radius 1 is 0.905 bits per heavy atom. The van der Waals surface area contributed by atoms with Crippen molar-refractivity contribution in [3.8, 4) is 11.5 Å². The highest BCUT2D eigenvalue weighted by atomic mass is 19.3. The van der Waals surface area contributed by atoms with Crippen molar-refractivity contribution in [2.75, 3.05) is 7.11 Å². The first-order valence-corrected chi connectivity index (χ1v) is 6.29. The number of halogens is 2. The standard InChI is InChI=1S/C15H16F2N2O2/c1-20-12-6-2-10(3-7-12)14(19-18)11-4-8-13(9-5-11)21-15(16)17/h2-9,14-15,19H,18H2,1H3. The van der Waals surface area contributed by atoms with Gasteiger partial charge in [-0.1, -0.05) is 24.3 Å². The molecule has 0 radical (unpaired) electrons. The molecule has 112 valence electrons. The number of hydrogen-bond acceptors (Lipinski definition) is 4. The third-order valence-electron chi connectivity index (χ3n) is 3.05. The predicted molar refractivity (Wildman–Crippen MR) is 75.2 cm³/mol. The average molecular weight is 294 g/mol. The van der Waals surface area contributed by atoms with Gasteiger partial charge < -0.3 is 9.47 Å². The first-order valence-electron chi connectivity index (χ1n) is 6.29. The van der Waals surface area contributed by atoms with E-state index in [1.54, 1.807) is 19.2 Å². The van der Waals surface area contributed by atoms with Gasteiger partial charge in [-0.05, 0) is 35.4 Å². The van der Waals surface area contributed by atoms with Gasteiger partial charge in [-0.2, -0.15) is 8.78 Å². The van der Waals surface area contributed by atoms with Crippen LogP contribution in [0.1, 0.15) is 17.2 Å². The average Bonchev–Trinajstić information content (AvgIpc) is 2.50. The first kappa shape index (κ1) is 15.2. The van der Waals surface area contributed by atoms with Gasteiger partial charge in [-0.25, -0.2) is 5.43 Å². The third-order valence-corrected chi connectivity index (χ3v) is 3.05. The molecule has 0 aliphatic carbocycles. The second kappa shape index (κ2) is 7.01. The van der Waals surface area contributed by atoms with Crippen LogP contribution in [0.5, 0.6) is 11.5 Å². The van der Waals surface area contributed by atoms with Crippen LogP contribution in [0.4, 0.5) is 8.78 Å². The van der Waals surface area contributed by atoms with E-state index in [1.165, 1.54) is 12.1 Å². The number of nitrogens with one attached hydrogen (secondary N) is 1. The molecule has 2 aromatic carbocycles. The molecule has 0 bridgehead atoms. The first-order chi connectivity index (χ1) is 10.1. The minimum atomic E-state index is -2.83. The van der Waals surface area contributed by atoms with E-state index in [4.69, 9.17) is 10.6 Å². The topological polar surface area (TPSA) is 56.5 Å². The van der Waals surface area contributed by atoms with Crippen molar-refractivity contribution in [3.05, 3.63) is 59.7 Å². The van der Waals surface area contributed by atoms with Crippen molar-refractivity contribution in [1.29, 1.82) is 0 Å². The van der Waals surface area contributed by atoms with Crippen molar-refractivity contribution in [3.63, 3.8) is 0 Å². The maximum atomic E-state index is 12.1. The van der Waals surface area contributed by atoms with Crippen LogP contribution >= 0.6 is 0 Å². The number of benzene rings is 2. The molecular weight excluding hydrogens is 278 g/mol. The molecule has 6 heteroatoms. The minimum Gasteiger partial charge on any atom is -0.497 e. The Morgan fingerprint density at radius 2 is 1.38 bits per heavy atom. The molecule has 21 heavy (non-hydrogen) atoms. The van der Waals surface area contributed by atoms with Crippen LogP contribution in [-0.2, 0) is 0 Å². The summed E-state index contributed by atoms with van der Waals surface area (Å²) < 4.78 is 33.7. The fraction of sp³-hybridized carbons (Fsp3) is 0.200. The smallest absolute Gasteiger partial charge is 0.387 e. The van der Waals surface area contributed by atoms with E-state index in [9.17, 15) is 8.78 Å². The Balaban J connectivity index is 2.19. The van der Waals surface area contributed by atoms with Gasteiger partial charge in [0.25, 0.3) is 0 Å². The van der Waals surface area contributed by atoms with Crippen LogP contribution in [0.25, 0.3) is 0 Å². The van der Waals surface area contributed by atoms with Crippen LogP contribution in [-0.4, -0.2) is 13.7 Å². The number of nitrogens with two attached hydrogens (primary N) is 1. The summed E-state index contributed by atoms with van der Waals surface area (Å²) in [5.41, 5.74) is 4.47. The molecule has 0 aliphatic heterocycles. The summed E-state index contributed by atoms with van der Waals surface area (Å²) in [5.74, 6) is 6.45. The van der Waals surface area contributed by atoms with Gasteiger partial charge in [0.15, 0.2) is 0 Å². The van der Waals surface area contributed by atoms with E-state index in [2.05, 4.69) is 10.2 Å². The lowest BCUT2D eigenvalue weighted by atomic mass is 9.99. The fourth-order valence-electron chi connectivity index (χ4n) is 2.02. The molecule has 0 aromatic heterocycles. The number of ether oxygens (including phenoxy) is 2. The molecule has 0 saturated heterocycles. The number of alkyl halides is 2. The monoisotopic (exact) mass is 294 g/mol. The Hall–Kier alpha value is -2.18. The van der Waals surface area contributed by atoms with E-state index in [0.717, 1.165) is 16.9 Å². The van der Waals surface area contributed by atoms with Gasteiger partial charge in [0.1, 0.15) is 11.5 Å². The van der Waals surface area contributed by atoms with Crippen LogP contribution in [0.2, 0.25) is 0 Å². The molecule has 2 aromatic rings. The molecule has 0 spiro atoms. The summed E-state index contributed by atoms with van der Waals surface area (Å²) in [6.45, 7) is -2.83. The lowest BCUT2D eigenvalue weighted by Crippen LogP contribution is -2.28. The van der Waals surface area contributed by atoms with Crippen molar-refractivity contribution < 1.29 is 18.3 Å². The third kappa shape index (κ3) is 3.90. The summed E-state index contributed by atoms with van der Waals surface area (Å²) in [4.78, 5) is 0. The lowest BCUT2D eigenvalue weighted by Gasteiger charge is -2.17. The zero-order valence-corrected chi connectivity index (χ0v) is 11.4. The Bertz CT molecular complexity index is 559. The zero-order chi connectivity index (χ0) is 15.2. The summed E-state index contributed by atoms with van der Waals surface area (Å²) in [5, 5.41) is 0. The van der Waals surface area contributed by atoms with E-state index < -0.39 is 6.61 Å². The number of hydrazine groups is 1. The van der Waals surface area contributed by atoms with Gasteiger partial charge in [0, 0.05) is 0 Å². The normalized spacial score (nSPS) is 12.2.